The van der Waals surface area contributed by atoms with E-state index < -0.39 is 0 Å². The van der Waals surface area contributed by atoms with Crippen LogP contribution in [0, 0.1) is 19.8 Å². The fraction of sp³-hybridized carbons (Fsp3) is 0.588. The summed E-state index contributed by atoms with van der Waals surface area (Å²) in [6.07, 6.45) is 2.21. The second-order valence-electron chi connectivity index (χ2n) is 5.87. The van der Waals surface area contributed by atoms with E-state index in [1.165, 1.54) is 5.56 Å². The van der Waals surface area contributed by atoms with Gasteiger partial charge in [-0.15, -0.1) is 0 Å². The second-order valence-corrected chi connectivity index (χ2v) is 5.87. The first kappa shape index (κ1) is 15.8. The number of carbonyl (C=O) groups is 1. The molecular formula is C17H25NO3. The van der Waals surface area contributed by atoms with E-state index in [1.807, 2.05) is 24.0 Å². The van der Waals surface area contributed by atoms with Gasteiger partial charge in [0.05, 0.1) is 13.0 Å². The monoisotopic (exact) mass is 291 g/mol. The van der Waals surface area contributed by atoms with Crippen LogP contribution in [0.15, 0.2) is 18.2 Å². The molecule has 1 heterocycles. The molecular weight excluding hydrogens is 266 g/mol. The summed E-state index contributed by atoms with van der Waals surface area (Å²) in [6, 6.07) is 6.06. The number of rotatable bonds is 6. The third-order valence-corrected chi connectivity index (χ3v) is 4.08. The minimum absolute atomic E-state index is 0.153. The Balaban J connectivity index is 1.74. The number of likely N-dealkylation sites (tertiary alicyclic amines) is 1. The van der Waals surface area contributed by atoms with Gasteiger partial charge in [0, 0.05) is 19.7 Å². The Hall–Kier alpha value is -1.55. The van der Waals surface area contributed by atoms with E-state index >= 15 is 0 Å². The summed E-state index contributed by atoms with van der Waals surface area (Å²) >= 11 is 0. The van der Waals surface area contributed by atoms with Gasteiger partial charge in [-0.2, -0.15) is 0 Å². The van der Waals surface area contributed by atoms with Crippen molar-refractivity contribution >= 4 is 5.91 Å². The van der Waals surface area contributed by atoms with Gasteiger partial charge in [-0.25, -0.2) is 0 Å². The van der Waals surface area contributed by atoms with Crippen molar-refractivity contribution in [2.24, 2.45) is 5.92 Å². The van der Waals surface area contributed by atoms with Gasteiger partial charge in [-0.3, -0.25) is 4.79 Å². The number of hydrogen-bond acceptors (Lipinski definition) is 3. The summed E-state index contributed by atoms with van der Waals surface area (Å²) in [5, 5.41) is 8.94. The van der Waals surface area contributed by atoms with Gasteiger partial charge < -0.3 is 14.7 Å². The summed E-state index contributed by atoms with van der Waals surface area (Å²) in [5.41, 5.74) is 2.31. The Morgan fingerprint density at radius 3 is 2.95 bits per heavy atom. The predicted octanol–water partition coefficient (Wildman–Crippen LogP) is 2.30. The van der Waals surface area contributed by atoms with Crippen molar-refractivity contribution in [3.05, 3.63) is 29.3 Å². The molecule has 1 amide bonds. The average molecular weight is 291 g/mol. The summed E-state index contributed by atoms with van der Waals surface area (Å²) in [7, 11) is 0. The number of nitrogens with zero attached hydrogens (tertiary/aromatic N) is 1. The molecule has 1 saturated heterocycles. The molecule has 0 radical (unpaired) electrons. The van der Waals surface area contributed by atoms with Crippen molar-refractivity contribution in [1.82, 2.24) is 4.90 Å². The Bertz CT molecular complexity index is 487. The Labute approximate surface area is 126 Å². The molecule has 4 nitrogen and oxygen atoms in total. The third-order valence-electron chi connectivity index (χ3n) is 4.08. The first-order valence-corrected chi connectivity index (χ1v) is 7.69. The van der Waals surface area contributed by atoms with Crippen LogP contribution in [-0.2, 0) is 4.79 Å². The van der Waals surface area contributed by atoms with Crippen molar-refractivity contribution in [3.8, 4) is 5.75 Å². The fourth-order valence-corrected chi connectivity index (χ4v) is 2.85. The summed E-state index contributed by atoms with van der Waals surface area (Å²) in [5.74, 6) is 1.47. The van der Waals surface area contributed by atoms with Crippen molar-refractivity contribution in [2.75, 3.05) is 26.3 Å². The highest BCUT2D eigenvalue weighted by Gasteiger charge is 2.25. The number of ether oxygens (including phenoxy) is 1. The van der Waals surface area contributed by atoms with Crippen LogP contribution in [0.2, 0.25) is 0 Å². The fourth-order valence-electron chi connectivity index (χ4n) is 2.85. The van der Waals surface area contributed by atoms with E-state index in [0.717, 1.165) is 37.2 Å². The Morgan fingerprint density at radius 2 is 2.24 bits per heavy atom. The van der Waals surface area contributed by atoms with Gasteiger partial charge in [-0.05, 0) is 44.2 Å². The lowest BCUT2D eigenvalue weighted by molar-refractivity contribution is -0.130. The minimum Gasteiger partial charge on any atom is -0.493 e. The molecule has 1 atom stereocenters. The predicted molar refractivity (Wildman–Crippen MR) is 82.4 cm³/mol. The maximum atomic E-state index is 12.1. The number of hydrogen-bond donors (Lipinski definition) is 1. The number of carbonyl (C=O) groups excluding carboxylic acids is 1. The molecule has 0 bridgehead atoms. The molecule has 1 fully saturated rings. The highest BCUT2D eigenvalue weighted by Crippen LogP contribution is 2.21. The molecule has 1 N–H and O–H groups in total. The van der Waals surface area contributed by atoms with Crippen LogP contribution in [0.4, 0.5) is 0 Å². The largest absolute Gasteiger partial charge is 0.493 e. The van der Waals surface area contributed by atoms with E-state index in [2.05, 4.69) is 13.0 Å². The van der Waals surface area contributed by atoms with Crippen LogP contribution in [0.3, 0.4) is 0 Å². The smallest absolute Gasteiger partial charge is 0.226 e. The average Bonchev–Trinajstić information content (AvgIpc) is 2.90. The standard InChI is InChI=1S/C17H25NO3/c1-13-3-4-16(14(2)11-13)21-10-7-17(20)18-8-5-15(12-18)6-9-19/h3-4,11,15,19H,5-10,12H2,1-2H3. The molecule has 4 heteroatoms. The van der Waals surface area contributed by atoms with Gasteiger partial charge in [0.25, 0.3) is 0 Å². The van der Waals surface area contributed by atoms with Gasteiger partial charge >= 0.3 is 0 Å². The SMILES string of the molecule is Cc1ccc(OCCC(=O)N2CCC(CCO)C2)c(C)c1. The lowest BCUT2D eigenvalue weighted by Crippen LogP contribution is -2.29. The van der Waals surface area contributed by atoms with E-state index in [-0.39, 0.29) is 12.5 Å². The second kappa shape index (κ2) is 7.46. The summed E-state index contributed by atoms with van der Waals surface area (Å²) in [4.78, 5) is 14.0. The number of aliphatic hydroxyl groups excluding tert-OH is 1. The Morgan fingerprint density at radius 1 is 1.43 bits per heavy atom. The van der Waals surface area contributed by atoms with Crippen molar-refractivity contribution in [1.29, 1.82) is 0 Å². The van der Waals surface area contributed by atoms with Crippen molar-refractivity contribution in [2.45, 2.75) is 33.1 Å². The summed E-state index contributed by atoms with van der Waals surface area (Å²) in [6.45, 7) is 6.29. The van der Waals surface area contributed by atoms with Gasteiger partial charge in [0.15, 0.2) is 0 Å². The molecule has 1 aliphatic heterocycles. The quantitative estimate of drug-likeness (QED) is 0.875. The molecule has 2 rings (SSSR count). The van der Waals surface area contributed by atoms with Crippen LogP contribution < -0.4 is 4.74 Å². The molecule has 0 aromatic heterocycles. The highest BCUT2D eigenvalue weighted by atomic mass is 16.5. The molecule has 1 unspecified atom stereocenters. The lowest BCUT2D eigenvalue weighted by Gasteiger charge is -2.17. The van der Waals surface area contributed by atoms with E-state index in [4.69, 9.17) is 9.84 Å². The third kappa shape index (κ3) is 4.46. The highest BCUT2D eigenvalue weighted by molar-refractivity contribution is 5.76. The zero-order valence-corrected chi connectivity index (χ0v) is 13.0. The number of aryl methyl sites for hydroxylation is 2. The minimum atomic E-state index is 0.153. The first-order valence-electron chi connectivity index (χ1n) is 7.69. The topological polar surface area (TPSA) is 49.8 Å². The van der Waals surface area contributed by atoms with Gasteiger partial charge in [0.1, 0.15) is 5.75 Å². The lowest BCUT2D eigenvalue weighted by atomic mass is 10.1. The molecule has 116 valence electrons. The maximum Gasteiger partial charge on any atom is 0.226 e. The van der Waals surface area contributed by atoms with Gasteiger partial charge in [0.2, 0.25) is 5.91 Å². The number of aliphatic hydroxyl groups is 1. The van der Waals surface area contributed by atoms with E-state index in [0.29, 0.717) is 18.9 Å². The molecule has 21 heavy (non-hydrogen) atoms. The first-order chi connectivity index (χ1) is 10.1. The molecule has 0 saturated carbocycles. The van der Waals surface area contributed by atoms with Crippen LogP contribution in [-0.4, -0.2) is 42.2 Å². The Kier molecular flexibility index (Phi) is 5.62. The van der Waals surface area contributed by atoms with Crippen LogP contribution in [0.1, 0.15) is 30.4 Å². The molecule has 0 aliphatic carbocycles. The molecule has 0 spiro atoms. The normalized spacial score (nSPS) is 18.0. The van der Waals surface area contributed by atoms with E-state index in [9.17, 15) is 4.79 Å². The molecule has 1 aromatic rings. The molecule has 1 aromatic carbocycles. The number of amides is 1. The van der Waals surface area contributed by atoms with Gasteiger partial charge in [-0.1, -0.05) is 17.7 Å². The van der Waals surface area contributed by atoms with Crippen molar-refractivity contribution < 1.29 is 14.6 Å². The van der Waals surface area contributed by atoms with Crippen molar-refractivity contribution in [3.63, 3.8) is 0 Å². The maximum absolute atomic E-state index is 12.1. The zero-order valence-electron chi connectivity index (χ0n) is 13.0. The number of benzene rings is 1. The van der Waals surface area contributed by atoms with E-state index in [1.54, 1.807) is 0 Å². The molecule has 1 aliphatic rings. The summed E-state index contributed by atoms with van der Waals surface area (Å²) < 4.78 is 5.71. The van der Waals surface area contributed by atoms with Crippen LogP contribution in [0.5, 0.6) is 5.75 Å². The zero-order chi connectivity index (χ0) is 15.2. The van der Waals surface area contributed by atoms with Crippen LogP contribution in [0.25, 0.3) is 0 Å². The van der Waals surface area contributed by atoms with Crippen LogP contribution >= 0.6 is 0 Å².